The standard InChI is InChI=1S/C23H30N4O3S/c28-23(24-20-9-11-21(12-10-20)26-13-5-2-6-14-26)19-25-15-17-27(18-16-25)31(29,30)22-7-3-1-4-8-22/h1,3-4,7-12H,2,5-6,13-19H2,(H,24,28). The van der Waals surface area contributed by atoms with E-state index >= 15 is 0 Å². The number of piperidine rings is 1. The molecule has 2 aliphatic heterocycles. The Labute approximate surface area is 184 Å². The lowest BCUT2D eigenvalue weighted by molar-refractivity contribution is -0.117. The molecule has 0 radical (unpaired) electrons. The lowest BCUT2D eigenvalue weighted by Crippen LogP contribution is -2.50. The Hall–Kier alpha value is -2.42. The maximum atomic E-state index is 12.7. The van der Waals surface area contributed by atoms with Crippen molar-refractivity contribution in [3.63, 3.8) is 0 Å². The highest BCUT2D eigenvalue weighted by Gasteiger charge is 2.28. The summed E-state index contributed by atoms with van der Waals surface area (Å²) < 4.78 is 26.9. The molecule has 2 fully saturated rings. The Morgan fingerprint density at radius 2 is 1.45 bits per heavy atom. The molecule has 0 aliphatic carbocycles. The first kappa shape index (κ1) is 21.8. The van der Waals surface area contributed by atoms with Crippen LogP contribution in [0.2, 0.25) is 0 Å². The summed E-state index contributed by atoms with van der Waals surface area (Å²) in [4.78, 5) is 17.2. The van der Waals surface area contributed by atoms with Crippen LogP contribution in [0.4, 0.5) is 11.4 Å². The summed E-state index contributed by atoms with van der Waals surface area (Å²) in [5.41, 5.74) is 1.99. The van der Waals surface area contributed by atoms with Gasteiger partial charge in [0.05, 0.1) is 11.4 Å². The van der Waals surface area contributed by atoms with Crippen LogP contribution in [0.1, 0.15) is 19.3 Å². The maximum Gasteiger partial charge on any atom is 0.243 e. The Morgan fingerprint density at radius 1 is 0.806 bits per heavy atom. The lowest BCUT2D eigenvalue weighted by atomic mass is 10.1. The van der Waals surface area contributed by atoms with Crippen LogP contribution in [0.15, 0.2) is 59.5 Å². The number of benzene rings is 2. The van der Waals surface area contributed by atoms with Crippen molar-refractivity contribution in [2.24, 2.45) is 0 Å². The van der Waals surface area contributed by atoms with Crippen LogP contribution < -0.4 is 10.2 Å². The zero-order valence-corrected chi connectivity index (χ0v) is 18.6. The molecule has 0 bridgehead atoms. The van der Waals surface area contributed by atoms with Crippen molar-refractivity contribution in [2.75, 3.05) is 56.0 Å². The molecule has 31 heavy (non-hydrogen) atoms. The van der Waals surface area contributed by atoms with Gasteiger partial charge in [0.2, 0.25) is 15.9 Å². The summed E-state index contributed by atoms with van der Waals surface area (Å²) >= 11 is 0. The zero-order chi connectivity index (χ0) is 21.7. The topological polar surface area (TPSA) is 73.0 Å². The first-order valence-electron chi connectivity index (χ1n) is 10.9. The minimum absolute atomic E-state index is 0.0786. The fraction of sp³-hybridized carbons (Fsp3) is 0.435. The molecule has 2 aromatic rings. The van der Waals surface area contributed by atoms with E-state index in [0.29, 0.717) is 31.1 Å². The molecule has 1 amide bonds. The van der Waals surface area contributed by atoms with Gasteiger partial charge in [0.25, 0.3) is 0 Å². The average molecular weight is 443 g/mol. The molecule has 4 rings (SSSR count). The summed E-state index contributed by atoms with van der Waals surface area (Å²) in [6.45, 7) is 4.29. The minimum Gasteiger partial charge on any atom is -0.372 e. The normalized spacial score (nSPS) is 18.6. The number of piperazine rings is 1. The molecule has 2 saturated heterocycles. The van der Waals surface area contributed by atoms with Crippen LogP contribution in [0.25, 0.3) is 0 Å². The molecule has 2 heterocycles. The van der Waals surface area contributed by atoms with Crippen LogP contribution in [0.5, 0.6) is 0 Å². The molecule has 0 spiro atoms. The lowest BCUT2D eigenvalue weighted by Gasteiger charge is -2.33. The van der Waals surface area contributed by atoms with Gasteiger partial charge in [0.1, 0.15) is 0 Å². The van der Waals surface area contributed by atoms with Gasteiger partial charge >= 0.3 is 0 Å². The van der Waals surface area contributed by atoms with Crippen molar-refractivity contribution in [1.29, 1.82) is 0 Å². The molecule has 1 N–H and O–H groups in total. The number of hydrogen-bond donors (Lipinski definition) is 1. The van der Waals surface area contributed by atoms with Gasteiger partial charge in [0.15, 0.2) is 0 Å². The van der Waals surface area contributed by atoms with Crippen molar-refractivity contribution in [3.8, 4) is 0 Å². The molecular formula is C23H30N4O3S. The molecule has 166 valence electrons. The number of sulfonamides is 1. The number of carbonyl (C=O) groups is 1. The van der Waals surface area contributed by atoms with Crippen LogP contribution in [-0.4, -0.2) is 69.3 Å². The van der Waals surface area contributed by atoms with Gasteiger partial charge in [-0.1, -0.05) is 18.2 Å². The second-order valence-electron chi connectivity index (χ2n) is 8.14. The van der Waals surface area contributed by atoms with Gasteiger partial charge in [0, 0.05) is 50.6 Å². The van der Waals surface area contributed by atoms with Crippen LogP contribution >= 0.6 is 0 Å². The predicted molar refractivity (Wildman–Crippen MR) is 123 cm³/mol. The van der Waals surface area contributed by atoms with E-state index < -0.39 is 10.0 Å². The molecular weight excluding hydrogens is 412 g/mol. The summed E-state index contributed by atoms with van der Waals surface area (Å²) in [5, 5.41) is 2.96. The molecule has 0 aromatic heterocycles. The van der Waals surface area contributed by atoms with E-state index in [0.717, 1.165) is 18.8 Å². The summed E-state index contributed by atoms with van der Waals surface area (Å²) in [7, 11) is -3.47. The quantitative estimate of drug-likeness (QED) is 0.745. The number of amides is 1. The highest BCUT2D eigenvalue weighted by Crippen LogP contribution is 2.22. The fourth-order valence-corrected chi connectivity index (χ4v) is 5.62. The molecule has 0 atom stereocenters. The van der Waals surface area contributed by atoms with Crippen LogP contribution in [0, 0.1) is 0 Å². The highest BCUT2D eigenvalue weighted by molar-refractivity contribution is 7.89. The first-order chi connectivity index (χ1) is 15.0. The smallest absolute Gasteiger partial charge is 0.243 e. The van der Waals surface area contributed by atoms with Crippen molar-refractivity contribution in [2.45, 2.75) is 24.2 Å². The molecule has 0 unspecified atom stereocenters. The second-order valence-corrected chi connectivity index (χ2v) is 10.1. The Bertz CT molecular complexity index is 966. The molecule has 2 aliphatic rings. The van der Waals surface area contributed by atoms with Gasteiger partial charge < -0.3 is 10.2 Å². The van der Waals surface area contributed by atoms with Gasteiger partial charge in [-0.05, 0) is 55.7 Å². The largest absolute Gasteiger partial charge is 0.372 e. The van der Waals surface area contributed by atoms with Crippen molar-refractivity contribution >= 4 is 27.3 Å². The van der Waals surface area contributed by atoms with Crippen LogP contribution in [0.3, 0.4) is 0 Å². The monoisotopic (exact) mass is 442 g/mol. The Morgan fingerprint density at radius 3 is 2.10 bits per heavy atom. The zero-order valence-electron chi connectivity index (χ0n) is 17.7. The SMILES string of the molecule is O=C(CN1CCN(S(=O)(=O)c2ccccc2)CC1)Nc1ccc(N2CCCCC2)cc1. The second kappa shape index (κ2) is 9.80. The third-order valence-corrected chi connectivity index (χ3v) is 7.86. The van der Waals surface area contributed by atoms with E-state index in [-0.39, 0.29) is 12.5 Å². The van der Waals surface area contributed by atoms with E-state index in [9.17, 15) is 13.2 Å². The molecule has 0 saturated carbocycles. The van der Waals surface area contributed by atoms with Crippen molar-refractivity contribution in [3.05, 3.63) is 54.6 Å². The minimum atomic E-state index is -3.47. The Balaban J connectivity index is 1.25. The molecule has 8 heteroatoms. The van der Waals surface area contributed by atoms with Gasteiger partial charge in [-0.3, -0.25) is 9.69 Å². The maximum absolute atomic E-state index is 12.7. The van der Waals surface area contributed by atoms with E-state index in [1.807, 2.05) is 17.0 Å². The molecule has 2 aromatic carbocycles. The summed E-state index contributed by atoms with van der Waals surface area (Å²) in [5.74, 6) is -0.0786. The number of anilines is 2. The number of nitrogens with zero attached hydrogens (tertiary/aromatic N) is 3. The highest BCUT2D eigenvalue weighted by atomic mass is 32.2. The molecule has 7 nitrogen and oxygen atoms in total. The van der Waals surface area contributed by atoms with Gasteiger partial charge in [-0.15, -0.1) is 0 Å². The van der Waals surface area contributed by atoms with E-state index in [2.05, 4.69) is 22.3 Å². The third kappa shape index (κ3) is 5.44. The average Bonchev–Trinajstić information content (AvgIpc) is 2.81. The van der Waals surface area contributed by atoms with E-state index in [1.54, 1.807) is 30.3 Å². The van der Waals surface area contributed by atoms with E-state index in [4.69, 9.17) is 0 Å². The number of rotatable bonds is 6. The number of carbonyl (C=O) groups excluding carboxylic acids is 1. The summed E-state index contributed by atoms with van der Waals surface area (Å²) in [6.07, 6.45) is 3.77. The number of hydrogen-bond acceptors (Lipinski definition) is 5. The van der Waals surface area contributed by atoms with Crippen molar-refractivity contribution < 1.29 is 13.2 Å². The fourth-order valence-electron chi connectivity index (χ4n) is 4.18. The van der Waals surface area contributed by atoms with Gasteiger partial charge in [-0.25, -0.2) is 8.42 Å². The third-order valence-electron chi connectivity index (χ3n) is 5.95. The van der Waals surface area contributed by atoms with E-state index in [1.165, 1.54) is 29.3 Å². The Kier molecular flexibility index (Phi) is 6.89. The van der Waals surface area contributed by atoms with Crippen molar-refractivity contribution in [1.82, 2.24) is 9.21 Å². The predicted octanol–water partition coefficient (Wildman–Crippen LogP) is 2.62. The van der Waals surface area contributed by atoms with Gasteiger partial charge in [-0.2, -0.15) is 4.31 Å². The number of nitrogens with one attached hydrogen (secondary N) is 1. The van der Waals surface area contributed by atoms with Crippen LogP contribution in [-0.2, 0) is 14.8 Å². The summed E-state index contributed by atoms with van der Waals surface area (Å²) in [6, 6.07) is 16.5. The first-order valence-corrected chi connectivity index (χ1v) is 12.4.